The van der Waals surface area contributed by atoms with Gasteiger partial charge in [-0.1, -0.05) is 18.1 Å². The van der Waals surface area contributed by atoms with E-state index in [0.29, 0.717) is 31.9 Å². The first kappa shape index (κ1) is 23.0. The van der Waals surface area contributed by atoms with E-state index in [4.69, 9.17) is 9.47 Å². The van der Waals surface area contributed by atoms with Crippen molar-refractivity contribution in [3.05, 3.63) is 29.8 Å². The number of sulfonamides is 1. The fraction of sp³-hybridized carbons (Fsp3) is 0.526. The molecule has 1 N–H and O–H groups in total. The van der Waals surface area contributed by atoms with Crippen LogP contribution < -0.4 is 4.72 Å². The molecule has 1 aromatic rings. The van der Waals surface area contributed by atoms with E-state index in [1.807, 2.05) is 19.2 Å². The molecule has 0 aromatic heterocycles. The Morgan fingerprint density at radius 3 is 2.52 bits per heavy atom. The number of carbonyl (C=O) groups is 1. The van der Waals surface area contributed by atoms with Crippen LogP contribution in [0, 0.1) is 11.8 Å². The molecule has 7 nitrogen and oxygen atoms in total. The van der Waals surface area contributed by atoms with Gasteiger partial charge in [-0.2, -0.15) is 0 Å². The molecular weight excluding hydrogens is 368 g/mol. The van der Waals surface area contributed by atoms with E-state index in [2.05, 4.69) is 21.5 Å². The Kier molecular flexibility index (Phi) is 9.86. The highest BCUT2D eigenvalue weighted by Crippen LogP contribution is 2.14. The van der Waals surface area contributed by atoms with Crippen molar-refractivity contribution < 1.29 is 22.7 Å². The van der Waals surface area contributed by atoms with Crippen molar-refractivity contribution in [2.45, 2.75) is 26.3 Å². The molecule has 1 atom stereocenters. The van der Waals surface area contributed by atoms with Crippen LogP contribution in [0.1, 0.15) is 19.4 Å². The monoisotopic (exact) mass is 396 g/mol. The highest BCUT2D eigenvalue weighted by atomic mass is 32.2. The van der Waals surface area contributed by atoms with E-state index in [1.165, 1.54) is 0 Å². The van der Waals surface area contributed by atoms with E-state index in [0.717, 1.165) is 11.8 Å². The molecule has 0 unspecified atom stereocenters. The summed E-state index contributed by atoms with van der Waals surface area (Å²) >= 11 is 0. The molecule has 1 aromatic carbocycles. The van der Waals surface area contributed by atoms with Crippen molar-refractivity contribution in [3.63, 3.8) is 0 Å². The molecular formula is C19H28N2O5S. The summed E-state index contributed by atoms with van der Waals surface area (Å²) in [7, 11) is -1.35. The van der Waals surface area contributed by atoms with Crippen molar-refractivity contribution in [1.82, 2.24) is 4.90 Å². The Balaban J connectivity index is 2.73. The highest BCUT2D eigenvalue weighted by molar-refractivity contribution is 7.92. The van der Waals surface area contributed by atoms with Gasteiger partial charge in [0.15, 0.2) is 0 Å². The molecule has 0 aliphatic carbocycles. The van der Waals surface area contributed by atoms with Gasteiger partial charge in [-0.15, -0.1) is 5.92 Å². The maximum absolute atomic E-state index is 11.4. The molecule has 0 amide bonds. The number of ether oxygens (including phenoxy) is 2. The average Bonchev–Trinajstić information content (AvgIpc) is 2.59. The average molecular weight is 397 g/mol. The maximum atomic E-state index is 11.4. The third-order valence-electron chi connectivity index (χ3n) is 3.69. The van der Waals surface area contributed by atoms with Crippen LogP contribution in [-0.2, 0) is 30.7 Å². The summed E-state index contributed by atoms with van der Waals surface area (Å²) in [6.45, 7) is 4.70. The van der Waals surface area contributed by atoms with Crippen LogP contribution in [0.5, 0.6) is 0 Å². The number of carbonyl (C=O) groups excluding carboxylic acids is 1. The van der Waals surface area contributed by atoms with Gasteiger partial charge in [0.05, 0.1) is 26.0 Å². The second-order valence-corrected chi connectivity index (χ2v) is 7.84. The first-order valence-electron chi connectivity index (χ1n) is 8.65. The first-order chi connectivity index (χ1) is 12.7. The zero-order valence-corrected chi connectivity index (χ0v) is 17.1. The summed E-state index contributed by atoms with van der Waals surface area (Å²) in [5.74, 6) is 5.50. The molecule has 0 aliphatic rings. The molecule has 8 heteroatoms. The predicted molar refractivity (Wildman–Crippen MR) is 106 cm³/mol. The van der Waals surface area contributed by atoms with Crippen molar-refractivity contribution in [2.24, 2.45) is 0 Å². The summed E-state index contributed by atoms with van der Waals surface area (Å²) in [6.07, 6.45) is 1.78. The number of anilines is 1. The Hall–Kier alpha value is -2.08. The largest absolute Gasteiger partial charge is 0.464 e. The van der Waals surface area contributed by atoms with E-state index in [9.17, 15) is 13.2 Å². The standard InChI is InChI=1S/C19H28N2O5S/c1-5-7-12-21(3)18(14-25-15-19(22)26-6-2)13-16-8-10-17(11-9-16)20-27(4,23)24/h8-11,18,20H,6,12-15H2,1-4H3/t18-/m0/s1. The van der Waals surface area contributed by atoms with Gasteiger partial charge in [0.2, 0.25) is 10.0 Å². The zero-order valence-electron chi connectivity index (χ0n) is 16.3. The minimum atomic E-state index is -3.30. The summed E-state index contributed by atoms with van der Waals surface area (Å²) in [4.78, 5) is 13.5. The fourth-order valence-electron chi connectivity index (χ4n) is 2.35. The van der Waals surface area contributed by atoms with Crippen LogP contribution in [0.2, 0.25) is 0 Å². The molecule has 1 rings (SSSR count). The molecule has 0 saturated heterocycles. The number of hydrogen-bond acceptors (Lipinski definition) is 6. The van der Waals surface area contributed by atoms with Crippen LogP contribution in [0.3, 0.4) is 0 Å². The normalized spacial score (nSPS) is 12.2. The maximum Gasteiger partial charge on any atom is 0.332 e. The predicted octanol–water partition coefficient (Wildman–Crippen LogP) is 1.50. The number of hydrogen-bond donors (Lipinski definition) is 1. The lowest BCUT2D eigenvalue weighted by Gasteiger charge is -2.26. The van der Waals surface area contributed by atoms with Crippen molar-refractivity contribution in [3.8, 4) is 11.8 Å². The first-order valence-corrected chi connectivity index (χ1v) is 10.5. The van der Waals surface area contributed by atoms with Gasteiger partial charge in [-0.05, 0) is 45.0 Å². The fourth-order valence-corrected chi connectivity index (χ4v) is 2.92. The van der Waals surface area contributed by atoms with Crippen molar-refractivity contribution in [2.75, 3.05) is 44.4 Å². The Morgan fingerprint density at radius 1 is 1.30 bits per heavy atom. The Morgan fingerprint density at radius 2 is 1.96 bits per heavy atom. The van der Waals surface area contributed by atoms with Crippen LogP contribution in [0.25, 0.3) is 0 Å². The number of esters is 1. The molecule has 0 radical (unpaired) electrons. The van der Waals surface area contributed by atoms with Gasteiger partial charge < -0.3 is 9.47 Å². The van der Waals surface area contributed by atoms with Crippen LogP contribution in [-0.4, -0.2) is 65.0 Å². The molecule has 0 aliphatic heterocycles. The van der Waals surface area contributed by atoms with Crippen LogP contribution in [0.4, 0.5) is 5.69 Å². The van der Waals surface area contributed by atoms with Crippen molar-refractivity contribution >= 4 is 21.7 Å². The lowest BCUT2D eigenvalue weighted by Crippen LogP contribution is -2.38. The summed E-state index contributed by atoms with van der Waals surface area (Å²) in [6, 6.07) is 7.18. The third-order valence-corrected chi connectivity index (χ3v) is 4.30. The summed E-state index contributed by atoms with van der Waals surface area (Å²) in [5.41, 5.74) is 1.54. The lowest BCUT2D eigenvalue weighted by atomic mass is 10.1. The van der Waals surface area contributed by atoms with Gasteiger partial charge in [0.25, 0.3) is 0 Å². The van der Waals surface area contributed by atoms with E-state index in [1.54, 1.807) is 26.0 Å². The molecule has 150 valence electrons. The van der Waals surface area contributed by atoms with Gasteiger partial charge >= 0.3 is 5.97 Å². The second kappa shape index (κ2) is 11.6. The number of benzene rings is 1. The smallest absolute Gasteiger partial charge is 0.332 e. The van der Waals surface area contributed by atoms with Crippen LogP contribution >= 0.6 is 0 Å². The van der Waals surface area contributed by atoms with Gasteiger partial charge in [0, 0.05) is 11.7 Å². The number of rotatable bonds is 11. The number of nitrogens with zero attached hydrogens (tertiary/aromatic N) is 1. The molecule has 0 spiro atoms. The Labute approximate surface area is 162 Å². The minimum Gasteiger partial charge on any atom is -0.464 e. The molecule has 0 fully saturated rings. The van der Waals surface area contributed by atoms with E-state index < -0.39 is 10.0 Å². The number of likely N-dealkylation sites (N-methyl/N-ethyl adjacent to an activating group) is 1. The second-order valence-electron chi connectivity index (χ2n) is 6.09. The lowest BCUT2D eigenvalue weighted by molar-refractivity contribution is -0.148. The summed E-state index contributed by atoms with van der Waals surface area (Å²) < 4.78 is 35.4. The minimum absolute atomic E-state index is 0.00833. The van der Waals surface area contributed by atoms with Crippen molar-refractivity contribution in [1.29, 1.82) is 0 Å². The van der Waals surface area contributed by atoms with Gasteiger partial charge in [-0.25, -0.2) is 13.2 Å². The third kappa shape index (κ3) is 9.99. The zero-order chi connectivity index (χ0) is 20.3. The van der Waals surface area contributed by atoms with Crippen LogP contribution in [0.15, 0.2) is 24.3 Å². The highest BCUT2D eigenvalue weighted by Gasteiger charge is 2.16. The SMILES string of the molecule is CC#CCN(C)[C@H](COCC(=O)OCC)Cc1ccc(NS(C)(=O)=O)cc1. The molecule has 27 heavy (non-hydrogen) atoms. The topological polar surface area (TPSA) is 84.9 Å². The summed E-state index contributed by atoms with van der Waals surface area (Å²) in [5, 5.41) is 0. The Bertz CT molecular complexity index is 751. The van der Waals surface area contributed by atoms with Gasteiger partial charge in [-0.3, -0.25) is 9.62 Å². The van der Waals surface area contributed by atoms with E-state index >= 15 is 0 Å². The number of nitrogens with one attached hydrogen (secondary N) is 1. The molecule has 0 bridgehead atoms. The van der Waals surface area contributed by atoms with Gasteiger partial charge in [0.1, 0.15) is 6.61 Å². The molecule has 0 heterocycles. The molecule has 0 saturated carbocycles. The van der Waals surface area contributed by atoms with E-state index in [-0.39, 0.29) is 18.6 Å². The quantitative estimate of drug-likeness (QED) is 0.451.